The second-order valence-electron chi connectivity index (χ2n) is 5.48. The third-order valence-corrected chi connectivity index (χ3v) is 4.62. The van der Waals surface area contributed by atoms with Crippen molar-refractivity contribution in [1.29, 1.82) is 0 Å². The molecule has 136 valence electrons. The van der Waals surface area contributed by atoms with Gasteiger partial charge in [-0.2, -0.15) is 0 Å². The first-order valence-electron chi connectivity index (χ1n) is 7.91. The molecule has 2 aromatic carbocycles. The van der Waals surface area contributed by atoms with Crippen LogP contribution in [0, 0.1) is 0 Å². The summed E-state index contributed by atoms with van der Waals surface area (Å²) in [7, 11) is 1.55. The number of thioether (sulfide) groups is 1. The Balaban J connectivity index is 1.55. The average molecular weight is 383 g/mol. The summed E-state index contributed by atoms with van der Waals surface area (Å²) in [4.78, 5) is 16.9. The van der Waals surface area contributed by atoms with E-state index in [0.717, 1.165) is 11.8 Å². The minimum atomic E-state index is -0.797. The number of para-hydroxylation sites is 2. The summed E-state index contributed by atoms with van der Waals surface area (Å²) in [6.07, 6.45) is 0. The maximum absolute atomic E-state index is 12.6. The molecule has 27 heavy (non-hydrogen) atoms. The maximum Gasteiger partial charge on any atom is 0.307 e. The zero-order chi connectivity index (χ0) is 18.8. The highest BCUT2D eigenvalue weighted by Crippen LogP contribution is 2.24. The van der Waals surface area contributed by atoms with Gasteiger partial charge in [0.15, 0.2) is 11.5 Å². The van der Waals surface area contributed by atoms with E-state index in [9.17, 15) is 9.90 Å². The molecular formula is C18H13N3O5S. The van der Waals surface area contributed by atoms with Crippen LogP contribution in [0.15, 0.2) is 62.7 Å². The molecule has 0 saturated carbocycles. The number of fused-ring (bicyclic) bond motifs is 1. The third-order valence-electron chi connectivity index (χ3n) is 3.79. The van der Waals surface area contributed by atoms with Crippen molar-refractivity contribution < 1.29 is 28.3 Å². The molecule has 0 N–H and O–H groups in total. The molecule has 0 aliphatic heterocycles. The van der Waals surface area contributed by atoms with Crippen LogP contribution < -0.4 is 14.5 Å². The maximum atomic E-state index is 12.6. The van der Waals surface area contributed by atoms with E-state index < -0.39 is 11.7 Å². The smallest absolute Gasteiger partial charge is 0.307 e. The van der Waals surface area contributed by atoms with Crippen LogP contribution in [0.1, 0.15) is 10.5 Å². The van der Waals surface area contributed by atoms with Gasteiger partial charge >= 0.3 is 5.69 Å². The van der Waals surface area contributed by atoms with Crippen LogP contribution in [0.2, 0.25) is 0 Å². The lowest BCUT2D eigenvalue weighted by Crippen LogP contribution is -2.39. The molecule has 0 saturated heterocycles. The monoisotopic (exact) mass is 383 g/mol. The Hall–Kier alpha value is -3.33. The van der Waals surface area contributed by atoms with Crippen molar-refractivity contribution in [2.24, 2.45) is 0 Å². The number of Topliss-reactive ketones (excluding diaryl/α,β-unsaturated/α-hetero) is 1. The number of methoxy groups -OCH3 is 1. The van der Waals surface area contributed by atoms with Crippen LogP contribution in [0.4, 0.5) is 0 Å². The minimum absolute atomic E-state index is 0.0422. The van der Waals surface area contributed by atoms with E-state index in [1.807, 2.05) is 18.2 Å². The van der Waals surface area contributed by atoms with Crippen LogP contribution in [-0.4, -0.2) is 28.9 Å². The molecule has 0 amide bonds. The predicted molar refractivity (Wildman–Crippen MR) is 93.1 cm³/mol. The van der Waals surface area contributed by atoms with Gasteiger partial charge in [0.05, 0.1) is 18.1 Å². The van der Waals surface area contributed by atoms with E-state index in [-0.39, 0.29) is 11.4 Å². The number of aromatic nitrogens is 3. The topological polar surface area (TPSA) is 105 Å². The highest BCUT2D eigenvalue weighted by molar-refractivity contribution is 7.99. The number of rotatable bonds is 6. The van der Waals surface area contributed by atoms with E-state index in [0.29, 0.717) is 27.8 Å². The summed E-state index contributed by atoms with van der Waals surface area (Å²) in [5, 5.41) is 16.0. The number of oxazole rings is 1. The van der Waals surface area contributed by atoms with Crippen LogP contribution >= 0.6 is 11.8 Å². The van der Waals surface area contributed by atoms with Crippen LogP contribution in [0.3, 0.4) is 0 Å². The molecule has 2 aromatic heterocycles. The Morgan fingerprint density at radius 2 is 2.00 bits per heavy atom. The second kappa shape index (κ2) is 7.12. The van der Waals surface area contributed by atoms with Crippen LogP contribution in [-0.2, 0) is 0 Å². The predicted octanol–water partition coefficient (Wildman–Crippen LogP) is 2.15. The van der Waals surface area contributed by atoms with Gasteiger partial charge in [-0.1, -0.05) is 23.9 Å². The van der Waals surface area contributed by atoms with Crippen molar-refractivity contribution in [3.8, 4) is 17.4 Å². The zero-order valence-electron chi connectivity index (χ0n) is 14.1. The van der Waals surface area contributed by atoms with E-state index in [4.69, 9.17) is 9.15 Å². The van der Waals surface area contributed by atoms with Crippen molar-refractivity contribution in [2.45, 2.75) is 5.22 Å². The Kier molecular flexibility index (Phi) is 4.51. The summed E-state index contributed by atoms with van der Waals surface area (Å²) < 4.78 is 16.5. The number of carbonyl (C=O) groups is 1. The van der Waals surface area contributed by atoms with Gasteiger partial charge in [0.1, 0.15) is 11.3 Å². The second-order valence-corrected chi connectivity index (χ2v) is 6.40. The van der Waals surface area contributed by atoms with Gasteiger partial charge in [0.2, 0.25) is 11.5 Å². The summed E-state index contributed by atoms with van der Waals surface area (Å²) in [5.74, 6) is -0.637. The number of nitrogens with zero attached hydrogens (tertiary/aromatic N) is 3. The molecule has 0 spiro atoms. The molecule has 4 aromatic rings. The van der Waals surface area contributed by atoms with Gasteiger partial charge < -0.3 is 18.8 Å². The standard InChI is InChI=1S/C18H13N3O5S/c1-24-12-8-6-11(7-9-12)21-16(17(23)26-20-21)14(22)10-27-18-19-13-4-2-3-5-15(13)25-18/h2-9H,10H2,1H3. The van der Waals surface area contributed by atoms with E-state index >= 15 is 0 Å². The van der Waals surface area contributed by atoms with E-state index in [1.54, 1.807) is 37.4 Å². The molecule has 2 heterocycles. The first-order chi connectivity index (χ1) is 13.2. The molecule has 0 aliphatic rings. The molecule has 0 atom stereocenters. The minimum Gasteiger partial charge on any atom is -0.539 e. The van der Waals surface area contributed by atoms with Gasteiger partial charge in [-0.05, 0) is 28.9 Å². The first-order valence-corrected chi connectivity index (χ1v) is 8.89. The Bertz CT molecular complexity index is 1070. The van der Waals surface area contributed by atoms with Crippen LogP contribution in [0.25, 0.3) is 16.8 Å². The SMILES string of the molecule is COc1ccc(-[n+]2noc([O-])c2C(=O)CSc2nc3ccccc3o2)cc1. The normalized spacial score (nSPS) is 11.0. The molecular weight excluding hydrogens is 370 g/mol. The Labute approximate surface area is 157 Å². The van der Waals surface area contributed by atoms with Crippen molar-refractivity contribution in [1.82, 2.24) is 10.3 Å². The van der Waals surface area contributed by atoms with Crippen LogP contribution in [0.5, 0.6) is 11.7 Å². The lowest BCUT2D eigenvalue weighted by molar-refractivity contribution is -0.672. The number of benzene rings is 2. The highest BCUT2D eigenvalue weighted by atomic mass is 32.2. The van der Waals surface area contributed by atoms with Crippen molar-refractivity contribution in [2.75, 3.05) is 12.9 Å². The third kappa shape index (κ3) is 3.36. The highest BCUT2D eigenvalue weighted by Gasteiger charge is 2.28. The quantitative estimate of drug-likeness (QED) is 0.283. The molecule has 0 fully saturated rings. The van der Waals surface area contributed by atoms with E-state index in [1.165, 1.54) is 4.68 Å². The fourth-order valence-corrected chi connectivity index (χ4v) is 3.19. The lowest BCUT2D eigenvalue weighted by atomic mass is 10.2. The van der Waals surface area contributed by atoms with Gasteiger partial charge in [0.25, 0.3) is 5.22 Å². The number of hydrogen-bond acceptors (Lipinski definition) is 8. The summed E-state index contributed by atoms with van der Waals surface area (Å²) in [6.45, 7) is 0. The molecule has 0 aliphatic carbocycles. The fourth-order valence-electron chi connectivity index (χ4n) is 2.49. The van der Waals surface area contributed by atoms with Crippen molar-refractivity contribution in [3.05, 3.63) is 54.2 Å². The van der Waals surface area contributed by atoms with E-state index in [2.05, 4.69) is 14.8 Å². The molecule has 8 nitrogen and oxygen atoms in total. The Morgan fingerprint density at radius 1 is 1.22 bits per heavy atom. The number of ketones is 1. The van der Waals surface area contributed by atoms with Gasteiger partial charge in [-0.25, -0.2) is 4.98 Å². The first kappa shape index (κ1) is 17.1. The van der Waals surface area contributed by atoms with Gasteiger partial charge in [0, 0.05) is 12.1 Å². The van der Waals surface area contributed by atoms with Crippen molar-refractivity contribution in [3.63, 3.8) is 0 Å². The fraction of sp³-hybridized carbons (Fsp3) is 0.111. The zero-order valence-corrected chi connectivity index (χ0v) is 14.9. The number of ether oxygens (including phenoxy) is 1. The summed E-state index contributed by atoms with van der Waals surface area (Å²) >= 11 is 1.10. The Morgan fingerprint density at radius 3 is 2.74 bits per heavy atom. The average Bonchev–Trinajstić information content (AvgIpc) is 3.29. The number of carbonyl (C=O) groups excluding carboxylic acids is 1. The summed E-state index contributed by atoms with van der Waals surface area (Å²) in [5.41, 5.74) is 1.69. The van der Waals surface area contributed by atoms with Gasteiger partial charge in [-0.3, -0.25) is 4.79 Å². The number of hydrogen-bond donors (Lipinski definition) is 0. The molecule has 9 heteroatoms. The molecule has 4 rings (SSSR count). The largest absolute Gasteiger partial charge is 0.539 e. The van der Waals surface area contributed by atoms with Crippen molar-refractivity contribution >= 4 is 28.6 Å². The summed E-state index contributed by atoms with van der Waals surface area (Å²) in [6, 6.07) is 14.0. The van der Waals surface area contributed by atoms with Gasteiger partial charge in [-0.15, -0.1) is 0 Å². The molecule has 0 radical (unpaired) electrons. The molecule has 0 bridgehead atoms. The molecule has 0 unspecified atom stereocenters. The lowest BCUT2D eigenvalue weighted by Gasteiger charge is -1.99.